The molecule has 2 saturated heterocycles. The van der Waals surface area contributed by atoms with E-state index in [1.165, 1.54) is 0 Å². The highest BCUT2D eigenvalue weighted by molar-refractivity contribution is 7.80. The average molecular weight is 467 g/mol. The number of aliphatic hydroxyl groups is 3. The van der Waals surface area contributed by atoms with Crippen LogP contribution in [-0.2, 0) is 44.9 Å². The predicted molar refractivity (Wildman–Crippen MR) is 88.7 cm³/mol. The molecule has 2 fully saturated rings. The Kier molecular flexibility index (Phi) is 8.41. The second kappa shape index (κ2) is 9.98. The monoisotopic (exact) mass is 467 g/mol. The third-order valence-electron chi connectivity index (χ3n) is 4.19. The lowest BCUT2D eigenvalue weighted by atomic mass is 9.98. The second-order valence-corrected chi connectivity index (χ2v) is 8.11. The Morgan fingerprint density at radius 1 is 1.24 bits per heavy atom. The predicted octanol–water partition coefficient (Wildman–Crippen LogP) is -4.03. The fraction of sp³-hybridized carbons (Fsp3) is 0.917. The molecule has 15 nitrogen and oxygen atoms in total. The van der Waals surface area contributed by atoms with Gasteiger partial charge in [-0.05, 0) is 0 Å². The Morgan fingerprint density at radius 3 is 2.45 bits per heavy atom. The van der Waals surface area contributed by atoms with Gasteiger partial charge in [-0.2, -0.15) is 8.42 Å². The number of carbonyl (C=O) groups is 1. The maximum Gasteiger partial charge on any atom is 0.397 e. The number of carboxylic acids is 1. The van der Waals surface area contributed by atoms with Gasteiger partial charge in [0.05, 0.1) is 31.5 Å². The van der Waals surface area contributed by atoms with Gasteiger partial charge < -0.3 is 34.6 Å². The zero-order valence-electron chi connectivity index (χ0n) is 14.5. The Balaban J connectivity index is 2.21. The highest BCUT2D eigenvalue weighted by Gasteiger charge is 2.48. The van der Waals surface area contributed by atoms with Crippen LogP contribution in [0.5, 0.6) is 0 Å². The minimum atomic E-state index is -4.83. The van der Waals surface area contributed by atoms with E-state index in [1.807, 2.05) is 4.72 Å². The first-order valence-electron chi connectivity index (χ1n) is 8.07. The summed E-state index contributed by atoms with van der Waals surface area (Å²) in [6, 6.07) is -1.43. The zero-order chi connectivity index (χ0) is 21.9. The van der Waals surface area contributed by atoms with Gasteiger partial charge in [-0.25, -0.2) is 17.9 Å². The number of ether oxygens (including phenoxy) is 3. The maximum atomic E-state index is 11.4. The van der Waals surface area contributed by atoms with Gasteiger partial charge in [0.2, 0.25) is 11.3 Å². The number of aliphatic carboxylic acids is 1. The fourth-order valence-corrected chi connectivity index (χ4v) is 3.70. The quantitative estimate of drug-likeness (QED) is 0.133. The Morgan fingerprint density at radius 2 is 1.90 bits per heavy atom. The molecule has 17 heteroatoms. The van der Waals surface area contributed by atoms with Gasteiger partial charge in [-0.3, -0.25) is 9.11 Å². The Hall–Kier alpha value is -0.830. The van der Waals surface area contributed by atoms with E-state index < -0.39 is 89.8 Å². The molecule has 0 radical (unpaired) electrons. The van der Waals surface area contributed by atoms with Crippen molar-refractivity contribution in [1.29, 1.82) is 0 Å². The van der Waals surface area contributed by atoms with Crippen LogP contribution in [0.2, 0.25) is 0 Å². The van der Waals surface area contributed by atoms with Crippen molar-refractivity contribution in [2.75, 3.05) is 13.2 Å². The first kappa shape index (κ1) is 24.4. The van der Waals surface area contributed by atoms with E-state index in [-0.39, 0.29) is 6.42 Å². The molecule has 2 aliphatic heterocycles. The number of rotatable bonds is 8. The van der Waals surface area contributed by atoms with Crippen molar-refractivity contribution in [3.8, 4) is 0 Å². The number of hydrogen-bond acceptors (Lipinski definition) is 11. The zero-order valence-corrected chi connectivity index (χ0v) is 16.1. The van der Waals surface area contributed by atoms with Crippen molar-refractivity contribution in [3.63, 3.8) is 0 Å². The van der Waals surface area contributed by atoms with Crippen molar-refractivity contribution in [2.45, 2.75) is 55.4 Å². The molecule has 2 heterocycles. The van der Waals surface area contributed by atoms with E-state index in [0.29, 0.717) is 0 Å². The first-order valence-corrected chi connectivity index (χ1v) is 10.5. The van der Waals surface area contributed by atoms with Gasteiger partial charge in [0.1, 0.15) is 18.3 Å². The molecule has 2 aliphatic rings. The molecule has 0 aromatic carbocycles. The smallest absolute Gasteiger partial charge is 0.397 e. The summed E-state index contributed by atoms with van der Waals surface area (Å²) >= 11 is -2.67. The van der Waals surface area contributed by atoms with Gasteiger partial charge in [0.25, 0.3) is 0 Å². The van der Waals surface area contributed by atoms with Crippen LogP contribution in [0.25, 0.3) is 0 Å². The number of carboxylic acid groups (broad SMARTS) is 1. The molecule has 0 aliphatic carbocycles. The van der Waals surface area contributed by atoms with Crippen LogP contribution in [0.4, 0.5) is 0 Å². The largest absolute Gasteiger partial charge is 0.479 e. The maximum absolute atomic E-state index is 11.4. The third kappa shape index (κ3) is 6.84. The van der Waals surface area contributed by atoms with Crippen molar-refractivity contribution in [3.05, 3.63) is 0 Å². The fourth-order valence-electron chi connectivity index (χ4n) is 2.88. The minimum absolute atomic E-state index is 0.320. The molecule has 9 unspecified atom stereocenters. The van der Waals surface area contributed by atoms with E-state index in [1.54, 1.807) is 0 Å². The molecular weight excluding hydrogens is 446 g/mol. The van der Waals surface area contributed by atoms with Crippen LogP contribution in [-0.4, -0.2) is 110 Å². The molecule has 0 amide bonds. The van der Waals surface area contributed by atoms with Gasteiger partial charge in [-0.15, -0.1) is 0 Å². The number of aliphatic hydroxyl groups excluding tert-OH is 3. The molecule has 7 N–H and O–H groups in total. The Bertz CT molecular complexity index is 703. The van der Waals surface area contributed by atoms with Crippen LogP contribution in [0.15, 0.2) is 0 Å². The summed E-state index contributed by atoms with van der Waals surface area (Å²) < 4.78 is 72.1. The standard InChI is InChI=1S/C12H21NO14S2/c14-5-1-4(2-25-29(21,22)23)26-12(7(5)13-28(19)20)27-9-8(16)6(15)3-24-10(9)11(17)18/h4-10,12-16H,1-3H2,(H,17,18)(H,19,20)(H,21,22,23). The van der Waals surface area contributed by atoms with Gasteiger partial charge in [-0.1, -0.05) is 0 Å². The molecule has 2 rings (SSSR count). The van der Waals surface area contributed by atoms with Crippen LogP contribution < -0.4 is 4.72 Å². The minimum Gasteiger partial charge on any atom is -0.479 e. The lowest BCUT2D eigenvalue weighted by molar-refractivity contribution is -0.293. The Labute approximate surface area is 166 Å². The van der Waals surface area contributed by atoms with E-state index in [4.69, 9.17) is 23.3 Å². The summed E-state index contributed by atoms with van der Waals surface area (Å²) in [5.41, 5.74) is 0. The summed E-state index contributed by atoms with van der Waals surface area (Å²) in [5, 5.41) is 39.2. The van der Waals surface area contributed by atoms with E-state index >= 15 is 0 Å². The van der Waals surface area contributed by atoms with Crippen LogP contribution in [0, 0.1) is 0 Å². The summed E-state index contributed by atoms with van der Waals surface area (Å²) in [5.74, 6) is -1.54. The summed E-state index contributed by atoms with van der Waals surface area (Å²) in [4.78, 5) is 11.4. The van der Waals surface area contributed by atoms with Crippen molar-refractivity contribution < 1.29 is 65.3 Å². The molecule has 0 spiro atoms. The number of nitrogens with one attached hydrogen (secondary N) is 1. The molecule has 0 aromatic heterocycles. The third-order valence-corrected chi connectivity index (χ3v) is 5.10. The van der Waals surface area contributed by atoms with E-state index in [9.17, 15) is 37.8 Å². The van der Waals surface area contributed by atoms with Crippen molar-refractivity contribution >= 4 is 27.6 Å². The summed E-state index contributed by atoms with van der Waals surface area (Å²) in [6.07, 6.45) is -11.4. The normalized spacial score (nSPS) is 39.8. The van der Waals surface area contributed by atoms with E-state index in [2.05, 4.69) is 4.18 Å². The number of hydrogen-bond donors (Lipinski definition) is 7. The molecule has 0 bridgehead atoms. The van der Waals surface area contributed by atoms with Crippen LogP contribution in [0.3, 0.4) is 0 Å². The molecular formula is C12H21NO14S2. The lowest BCUT2D eigenvalue weighted by Gasteiger charge is -2.43. The molecule has 0 saturated carbocycles. The van der Waals surface area contributed by atoms with E-state index in [0.717, 1.165) is 0 Å². The highest BCUT2D eigenvalue weighted by Crippen LogP contribution is 2.27. The molecule has 29 heavy (non-hydrogen) atoms. The first-order chi connectivity index (χ1) is 13.4. The topological polar surface area (TPSA) is 239 Å². The molecule has 170 valence electrons. The lowest BCUT2D eigenvalue weighted by Crippen LogP contribution is -2.63. The summed E-state index contributed by atoms with van der Waals surface area (Å²) in [7, 11) is -4.83. The molecule has 0 aromatic rings. The van der Waals surface area contributed by atoms with Gasteiger partial charge >= 0.3 is 16.4 Å². The SMILES string of the molecule is O=C(O)C1OCC(O)C(O)C1OC1OC(COS(=O)(=O)O)CC(O)C1NS(=O)O. The summed E-state index contributed by atoms with van der Waals surface area (Å²) in [6.45, 7) is -1.27. The van der Waals surface area contributed by atoms with Gasteiger partial charge in [0, 0.05) is 6.42 Å². The molecule has 9 atom stereocenters. The van der Waals surface area contributed by atoms with Crippen molar-refractivity contribution in [1.82, 2.24) is 4.72 Å². The van der Waals surface area contributed by atoms with Crippen LogP contribution in [0.1, 0.15) is 6.42 Å². The van der Waals surface area contributed by atoms with Crippen molar-refractivity contribution in [2.24, 2.45) is 0 Å². The van der Waals surface area contributed by atoms with Crippen LogP contribution >= 0.6 is 0 Å². The highest BCUT2D eigenvalue weighted by atomic mass is 32.3. The second-order valence-electron chi connectivity index (χ2n) is 6.29. The average Bonchev–Trinajstić information content (AvgIpc) is 2.59. The van der Waals surface area contributed by atoms with Gasteiger partial charge in [0.15, 0.2) is 12.4 Å².